The summed E-state index contributed by atoms with van der Waals surface area (Å²) in [6.07, 6.45) is 26.0. The summed E-state index contributed by atoms with van der Waals surface area (Å²) in [6.45, 7) is 0. The summed E-state index contributed by atoms with van der Waals surface area (Å²) in [6, 6.07) is 0. The van der Waals surface area contributed by atoms with Crippen LogP contribution in [-0.4, -0.2) is 0 Å². The van der Waals surface area contributed by atoms with E-state index in [1.807, 2.05) is 0 Å². The number of rotatable bonds is 0. The molecule has 0 nitrogen and oxygen atoms in total. The highest BCUT2D eigenvalue weighted by molar-refractivity contribution is 5.12. The lowest BCUT2D eigenvalue weighted by Gasteiger charge is -1.87. The molecule has 0 saturated heterocycles. The van der Waals surface area contributed by atoms with Crippen LogP contribution in [-0.2, 0) is 0 Å². The zero-order valence-electron chi connectivity index (χ0n) is 8.60. The summed E-state index contributed by atoms with van der Waals surface area (Å²) in [5, 5.41) is 0. The SMILES string of the molecule is C1=C\C=C\CC/C=C\C/C=C/C/C=C/1. The maximum absolute atomic E-state index is 2.25. The monoisotopic (exact) mass is 186 g/mol. The third-order valence-electron chi connectivity index (χ3n) is 1.98. The van der Waals surface area contributed by atoms with Gasteiger partial charge in [0, 0.05) is 0 Å². The topological polar surface area (TPSA) is 0 Å². The molecule has 0 heteroatoms. The minimum atomic E-state index is 1.03. The van der Waals surface area contributed by atoms with Crippen molar-refractivity contribution in [1.29, 1.82) is 0 Å². The van der Waals surface area contributed by atoms with Crippen LogP contribution in [0.3, 0.4) is 0 Å². The zero-order chi connectivity index (χ0) is 9.90. The van der Waals surface area contributed by atoms with Crippen LogP contribution in [0.25, 0.3) is 0 Å². The average Bonchev–Trinajstić information content (AvgIpc) is 2.22. The Balaban J connectivity index is 2.45. The van der Waals surface area contributed by atoms with Gasteiger partial charge in [-0.15, -0.1) is 0 Å². The first-order valence-electron chi connectivity index (χ1n) is 5.28. The van der Waals surface area contributed by atoms with Gasteiger partial charge in [0.2, 0.25) is 0 Å². The molecule has 0 aromatic carbocycles. The van der Waals surface area contributed by atoms with E-state index in [1.54, 1.807) is 0 Å². The molecule has 1 aliphatic rings. The van der Waals surface area contributed by atoms with E-state index >= 15 is 0 Å². The molecule has 0 saturated carbocycles. The second kappa shape index (κ2) is 8.31. The summed E-state index contributed by atoms with van der Waals surface area (Å²) in [7, 11) is 0. The van der Waals surface area contributed by atoms with Crippen molar-refractivity contribution < 1.29 is 0 Å². The molecule has 0 unspecified atom stereocenters. The van der Waals surface area contributed by atoms with E-state index in [4.69, 9.17) is 0 Å². The maximum Gasteiger partial charge on any atom is -0.0166 e. The third kappa shape index (κ3) is 6.24. The van der Waals surface area contributed by atoms with Crippen molar-refractivity contribution in [1.82, 2.24) is 0 Å². The molecular weight excluding hydrogens is 168 g/mol. The Morgan fingerprint density at radius 3 is 1.86 bits per heavy atom. The lowest BCUT2D eigenvalue weighted by molar-refractivity contribution is 1.04. The first-order valence-corrected chi connectivity index (χ1v) is 5.28. The van der Waals surface area contributed by atoms with Gasteiger partial charge in [0.05, 0.1) is 0 Å². The highest BCUT2D eigenvalue weighted by Crippen LogP contribution is 1.97. The second-order valence-electron chi connectivity index (χ2n) is 3.23. The van der Waals surface area contributed by atoms with Crippen LogP contribution in [0.5, 0.6) is 0 Å². The number of hydrogen-bond acceptors (Lipinski definition) is 0. The highest BCUT2D eigenvalue weighted by Gasteiger charge is 1.77. The molecule has 0 bridgehead atoms. The van der Waals surface area contributed by atoms with Gasteiger partial charge in [-0.2, -0.15) is 0 Å². The molecule has 0 fully saturated rings. The Morgan fingerprint density at radius 1 is 0.429 bits per heavy atom. The molecule has 0 radical (unpaired) electrons. The van der Waals surface area contributed by atoms with Crippen molar-refractivity contribution in [2.24, 2.45) is 0 Å². The van der Waals surface area contributed by atoms with Gasteiger partial charge in [-0.25, -0.2) is 0 Å². The molecule has 0 atom stereocenters. The smallest absolute Gasteiger partial charge is 0.0166 e. The molecule has 0 amide bonds. The molecular formula is C14H18. The van der Waals surface area contributed by atoms with Gasteiger partial charge in [0.15, 0.2) is 0 Å². The van der Waals surface area contributed by atoms with Gasteiger partial charge in [-0.05, 0) is 25.7 Å². The predicted molar refractivity (Wildman–Crippen MR) is 64.2 cm³/mol. The molecule has 0 aromatic rings. The molecule has 1 aliphatic carbocycles. The standard InChI is InChI=1S/C14H18/c1-2-4-6-8-10-12-14-13-11-9-7-5-3-1/h1-6,9,11-12,14H,7-8,10,13H2/b2-1-,5-3+,6-4+,11-9+,14-12-. The Morgan fingerprint density at radius 2 is 1.00 bits per heavy atom. The van der Waals surface area contributed by atoms with Crippen molar-refractivity contribution >= 4 is 0 Å². The van der Waals surface area contributed by atoms with Gasteiger partial charge >= 0.3 is 0 Å². The largest absolute Gasteiger partial charge is 0.0879 e. The number of allylic oxidation sites excluding steroid dienone is 10. The fraction of sp³-hybridized carbons (Fsp3) is 0.286. The van der Waals surface area contributed by atoms with Crippen molar-refractivity contribution in [3.63, 3.8) is 0 Å². The van der Waals surface area contributed by atoms with E-state index in [1.165, 1.54) is 0 Å². The predicted octanol–water partition coefficient (Wildman–Crippen LogP) is 4.34. The molecule has 0 spiro atoms. The molecule has 0 heterocycles. The summed E-state index contributed by atoms with van der Waals surface area (Å²) >= 11 is 0. The van der Waals surface area contributed by atoms with Crippen LogP contribution in [0.15, 0.2) is 60.8 Å². The number of hydrogen-bond donors (Lipinski definition) is 0. The van der Waals surface area contributed by atoms with Gasteiger partial charge in [0.1, 0.15) is 0 Å². The Hall–Kier alpha value is -1.30. The minimum Gasteiger partial charge on any atom is -0.0879 e. The van der Waals surface area contributed by atoms with Crippen LogP contribution >= 0.6 is 0 Å². The third-order valence-corrected chi connectivity index (χ3v) is 1.98. The normalized spacial score (nSPS) is 29.7. The zero-order valence-corrected chi connectivity index (χ0v) is 8.60. The fourth-order valence-electron chi connectivity index (χ4n) is 1.22. The Kier molecular flexibility index (Phi) is 6.39. The summed E-state index contributed by atoms with van der Waals surface area (Å²) in [4.78, 5) is 0. The lowest BCUT2D eigenvalue weighted by atomic mass is 10.2. The van der Waals surface area contributed by atoms with Gasteiger partial charge < -0.3 is 0 Å². The van der Waals surface area contributed by atoms with Gasteiger partial charge in [-0.3, -0.25) is 0 Å². The molecule has 1 rings (SSSR count). The molecule has 0 N–H and O–H groups in total. The summed E-state index contributed by atoms with van der Waals surface area (Å²) in [5.74, 6) is 0. The second-order valence-corrected chi connectivity index (χ2v) is 3.23. The highest BCUT2D eigenvalue weighted by atomic mass is 13.8. The first-order chi connectivity index (χ1) is 7.00. The van der Waals surface area contributed by atoms with Crippen molar-refractivity contribution in [3.05, 3.63) is 60.8 Å². The van der Waals surface area contributed by atoms with Gasteiger partial charge in [-0.1, -0.05) is 60.8 Å². The Labute approximate surface area is 87.0 Å². The van der Waals surface area contributed by atoms with E-state index in [2.05, 4.69) is 60.8 Å². The van der Waals surface area contributed by atoms with Gasteiger partial charge in [0.25, 0.3) is 0 Å². The van der Waals surface area contributed by atoms with E-state index in [0.717, 1.165) is 25.7 Å². The fourth-order valence-corrected chi connectivity index (χ4v) is 1.22. The van der Waals surface area contributed by atoms with E-state index in [9.17, 15) is 0 Å². The van der Waals surface area contributed by atoms with E-state index in [-0.39, 0.29) is 0 Å². The van der Waals surface area contributed by atoms with E-state index in [0.29, 0.717) is 0 Å². The Bertz CT molecular complexity index is 262. The molecule has 74 valence electrons. The van der Waals surface area contributed by atoms with Crippen molar-refractivity contribution in [3.8, 4) is 0 Å². The van der Waals surface area contributed by atoms with Crippen LogP contribution in [0.1, 0.15) is 25.7 Å². The minimum absolute atomic E-state index is 1.03. The van der Waals surface area contributed by atoms with Crippen molar-refractivity contribution in [2.45, 2.75) is 25.7 Å². The van der Waals surface area contributed by atoms with Crippen LogP contribution in [0.2, 0.25) is 0 Å². The molecule has 0 aliphatic heterocycles. The van der Waals surface area contributed by atoms with Crippen LogP contribution in [0, 0.1) is 0 Å². The first kappa shape index (κ1) is 10.8. The van der Waals surface area contributed by atoms with E-state index < -0.39 is 0 Å². The molecule has 0 aromatic heterocycles. The quantitative estimate of drug-likeness (QED) is 0.494. The molecule has 14 heavy (non-hydrogen) atoms. The van der Waals surface area contributed by atoms with Crippen molar-refractivity contribution in [2.75, 3.05) is 0 Å². The van der Waals surface area contributed by atoms with Crippen LogP contribution < -0.4 is 0 Å². The summed E-state index contributed by atoms with van der Waals surface area (Å²) in [5.41, 5.74) is 0. The van der Waals surface area contributed by atoms with Crippen LogP contribution in [0.4, 0.5) is 0 Å². The lowest BCUT2D eigenvalue weighted by Crippen LogP contribution is -1.66. The summed E-state index contributed by atoms with van der Waals surface area (Å²) < 4.78 is 0. The maximum atomic E-state index is 2.25. The average molecular weight is 186 g/mol.